The van der Waals surface area contributed by atoms with Crippen LogP contribution in [0.3, 0.4) is 0 Å². The number of carbonyl (C=O) groups excluding carboxylic acids is 2. The van der Waals surface area contributed by atoms with Crippen LogP contribution in [0, 0.1) is 17.5 Å². The molecule has 1 aliphatic heterocycles. The summed E-state index contributed by atoms with van der Waals surface area (Å²) in [4.78, 5) is 24.8. The molecule has 0 saturated heterocycles. The third-order valence-corrected chi connectivity index (χ3v) is 4.37. The molecule has 1 atom stereocenters. The van der Waals surface area contributed by atoms with Crippen LogP contribution in [-0.2, 0) is 9.59 Å². The molecule has 142 valence electrons. The first kappa shape index (κ1) is 17.8. The molecule has 0 saturated carbocycles. The Morgan fingerprint density at radius 1 is 1.14 bits per heavy atom. The summed E-state index contributed by atoms with van der Waals surface area (Å²) in [5.74, 6) is -5.24. The molecule has 9 heteroatoms. The van der Waals surface area contributed by atoms with E-state index in [9.17, 15) is 22.8 Å². The van der Waals surface area contributed by atoms with E-state index in [4.69, 9.17) is 0 Å². The van der Waals surface area contributed by atoms with Crippen molar-refractivity contribution in [2.24, 2.45) is 0 Å². The van der Waals surface area contributed by atoms with Crippen molar-refractivity contribution in [2.45, 2.75) is 12.5 Å². The molecule has 2 N–H and O–H groups in total. The predicted molar refractivity (Wildman–Crippen MR) is 94.9 cm³/mol. The molecule has 0 fully saturated rings. The first-order chi connectivity index (χ1) is 13.4. The molecule has 28 heavy (non-hydrogen) atoms. The van der Waals surface area contributed by atoms with Crippen LogP contribution >= 0.6 is 0 Å². The van der Waals surface area contributed by atoms with Crippen molar-refractivity contribution in [1.82, 2.24) is 9.78 Å². The minimum absolute atomic E-state index is 0.207. The van der Waals surface area contributed by atoms with Crippen LogP contribution in [0.25, 0.3) is 11.1 Å². The number of fused-ring (bicyclic) bond motifs is 1. The van der Waals surface area contributed by atoms with Crippen molar-refractivity contribution in [3.05, 3.63) is 66.1 Å². The lowest BCUT2D eigenvalue weighted by Gasteiger charge is -2.24. The Bertz CT molecular complexity index is 1060. The fraction of sp³-hybridized carbons (Fsp3) is 0.105. The maximum Gasteiger partial charge on any atom is 0.249 e. The molecule has 2 amide bonds. The first-order valence-corrected chi connectivity index (χ1v) is 8.32. The normalized spacial score (nSPS) is 15.7. The van der Waals surface area contributed by atoms with Crippen LogP contribution in [0.15, 0.2) is 48.7 Å². The van der Waals surface area contributed by atoms with Gasteiger partial charge in [0.05, 0.1) is 12.6 Å². The number of benzene rings is 2. The summed E-state index contributed by atoms with van der Waals surface area (Å²) in [7, 11) is 0. The van der Waals surface area contributed by atoms with Gasteiger partial charge in [-0.05, 0) is 5.56 Å². The fourth-order valence-electron chi connectivity index (χ4n) is 3.05. The summed E-state index contributed by atoms with van der Waals surface area (Å²) in [6.45, 7) is 0. The van der Waals surface area contributed by atoms with E-state index < -0.39 is 35.3 Å². The quantitative estimate of drug-likeness (QED) is 0.677. The van der Waals surface area contributed by atoms with Gasteiger partial charge >= 0.3 is 0 Å². The average molecular weight is 386 g/mol. The Morgan fingerprint density at radius 3 is 2.50 bits per heavy atom. The molecule has 1 aliphatic rings. The molecular formula is C19H13F3N4O2. The molecule has 1 unspecified atom stereocenters. The van der Waals surface area contributed by atoms with Gasteiger partial charge in [0.15, 0.2) is 17.5 Å². The van der Waals surface area contributed by atoms with Gasteiger partial charge in [-0.1, -0.05) is 30.3 Å². The standard InChI is InChI=1S/C19H13F3N4O2/c20-13-6-11(7-14(21)17(13)22)24-19(28)15-8-16(27)25-18-12(9-23-26(15)18)10-4-2-1-3-5-10/h1-7,9,15H,8H2,(H,24,28)(H,25,27). The van der Waals surface area contributed by atoms with Gasteiger partial charge in [-0.2, -0.15) is 5.10 Å². The number of hydrogen-bond donors (Lipinski definition) is 2. The molecule has 4 rings (SSSR count). The van der Waals surface area contributed by atoms with E-state index in [0.717, 1.165) is 5.56 Å². The highest BCUT2D eigenvalue weighted by molar-refractivity contribution is 6.03. The number of carbonyl (C=O) groups is 2. The van der Waals surface area contributed by atoms with Crippen molar-refractivity contribution in [1.29, 1.82) is 0 Å². The molecule has 0 bridgehead atoms. The van der Waals surface area contributed by atoms with Gasteiger partial charge in [0.2, 0.25) is 11.8 Å². The van der Waals surface area contributed by atoms with E-state index in [0.29, 0.717) is 23.5 Å². The first-order valence-electron chi connectivity index (χ1n) is 8.32. The molecule has 2 heterocycles. The van der Waals surface area contributed by atoms with Crippen LogP contribution in [0.4, 0.5) is 24.7 Å². The monoisotopic (exact) mass is 386 g/mol. The predicted octanol–water partition coefficient (Wildman–Crippen LogP) is 3.49. The fourth-order valence-corrected chi connectivity index (χ4v) is 3.05. The van der Waals surface area contributed by atoms with E-state index in [2.05, 4.69) is 15.7 Å². The number of anilines is 2. The van der Waals surface area contributed by atoms with E-state index in [1.54, 1.807) is 0 Å². The molecule has 2 aromatic carbocycles. The molecule has 0 spiro atoms. The second-order valence-electron chi connectivity index (χ2n) is 6.23. The van der Waals surface area contributed by atoms with E-state index in [1.807, 2.05) is 30.3 Å². The Hall–Kier alpha value is -3.62. The Labute approximate surface area is 157 Å². The van der Waals surface area contributed by atoms with Gasteiger partial charge in [-0.25, -0.2) is 17.9 Å². The van der Waals surface area contributed by atoms with Crippen molar-refractivity contribution in [3.63, 3.8) is 0 Å². The van der Waals surface area contributed by atoms with Crippen LogP contribution in [0.1, 0.15) is 12.5 Å². The second-order valence-corrected chi connectivity index (χ2v) is 6.23. The lowest BCUT2D eigenvalue weighted by molar-refractivity contribution is -0.125. The number of nitrogens with zero attached hydrogens (tertiary/aromatic N) is 2. The zero-order valence-electron chi connectivity index (χ0n) is 14.2. The van der Waals surface area contributed by atoms with E-state index >= 15 is 0 Å². The Balaban J connectivity index is 1.66. The van der Waals surface area contributed by atoms with Gasteiger partial charge < -0.3 is 10.6 Å². The summed E-state index contributed by atoms with van der Waals surface area (Å²) in [6.07, 6.45) is 1.31. The molecular weight excluding hydrogens is 373 g/mol. The second kappa shape index (κ2) is 6.84. The highest BCUT2D eigenvalue weighted by Crippen LogP contribution is 2.34. The van der Waals surface area contributed by atoms with Gasteiger partial charge in [0, 0.05) is 23.4 Å². The number of aromatic nitrogens is 2. The summed E-state index contributed by atoms with van der Waals surface area (Å²) in [5.41, 5.74) is 1.17. The SMILES string of the molecule is O=C1CC(C(=O)Nc2cc(F)c(F)c(F)c2)n2ncc(-c3ccccc3)c2N1. The van der Waals surface area contributed by atoms with Crippen molar-refractivity contribution < 1.29 is 22.8 Å². The van der Waals surface area contributed by atoms with Crippen molar-refractivity contribution >= 4 is 23.3 Å². The minimum Gasteiger partial charge on any atom is -0.324 e. The lowest BCUT2D eigenvalue weighted by atomic mass is 10.1. The Kier molecular flexibility index (Phi) is 4.34. The zero-order chi connectivity index (χ0) is 19.8. The molecule has 1 aromatic heterocycles. The molecule has 3 aromatic rings. The van der Waals surface area contributed by atoms with E-state index in [-0.39, 0.29) is 12.1 Å². The highest BCUT2D eigenvalue weighted by atomic mass is 19.2. The van der Waals surface area contributed by atoms with Gasteiger partial charge in [0.25, 0.3) is 0 Å². The average Bonchev–Trinajstić information content (AvgIpc) is 3.09. The highest BCUT2D eigenvalue weighted by Gasteiger charge is 2.33. The largest absolute Gasteiger partial charge is 0.324 e. The topological polar surface area (TPSA) is 76.0 Å². The van der Waals surface area contributed by atoms with Crippen LogP contribution in [0.2, 0.25) is 0 Å². The summed E-state index contributed by atoms with van der Waals surface area (Å²) in [6, 6.07) is 9.46. The summed E-state index contributed by atoms with van der Waals surface area (Å²) >= 11 is 0. The van der Waals surface area contributed by atoms with Gasteiger partial charge in [-0.15, -0.1) is 0 Å². The smallest absolute Gasteiger partial charge is 0.249 e. The minimum atomic E-state index is -1.63. The summed E-state index contributed by atoms with van der Waals surface area (Å²) in [5, 5.41) is 9.19. The van der Waals surface area contributed by atoms with Gasteiger partial charge in [0.1, 0.15) is 11.9 Å². The summed E-state index contributed by atoms with van der Waals surface area (Å²) < 4.78 is 41.2. The Morgan fingerprint density at radius 2 is 1.82 bits per heavy atom. The number of hydrogen-bond acceptors (Lipinski definition) is 3. The van der Waals surface area contributed by atoms with Crippen LogP contribution in [0.5, 0.6) is 0 Å². The molecule has 0 aliphatic carbocycles. The van der Waals surface area contributed by atoms with E-state index in [1.165, 1.54) is 10.9 Å². The third-order valence-electron chi connectivity index (χ3n) is 4.37. The number of halogens is 3. The lowest BCUT2D eigenvalue weighted by Crippen LogP contribution is -2.35. The van der Waals surface area contributed by atoms with Crippen LogP contribution < -0.4 is 10.6 Å². The van der Waals surface area contributed by atoms with Gasteiger partial charge in [-0.3, -0.25) is 9.59 Å². The zero-order valence-corrected chi connectivity index (χ0v) is 14.2. The number of rotatable bonds is 3. The number of nitrogens with one attached hydrogen (secondary N) is 2. The number of amides is 2. The molecule has 6 nitrogen and oxygen atoms in total. The maximum absolute atomic E-state index is 13.4. The molecule has 0 radical (unpaired) electrons. The maximum atomic E-state index is 13.4. The van der Waals surface area contributed by atoms with Crippen molar-refractivity contribution in [3.8, 4) is 11.1 Å². The van der Waals surface area contributed by atoms with Crippen molar-refractivity contribution in [2.75, 3.05) is 10.6 Å². The van der Waals surface area contributed by atoms with Crippen LogP contribution in [-0.4, -0.2) is 21.6 Å². The third kappa shape index (κ3) is 3.11.